The van der Waals surface area contributed by atoms with Gasteiger partial charge in [-0.2, -0.15) is 0 Å². The number of carbonyl (C=O) groups excluding carboxylic acids is 1. The maximum Gasteiger partial charge on any atom is 0.262 e. The van der Waals surface area contributed by atoms with Gasteiger partial charge in [0, 0.05) is 43.1 Å². The van der Waals surface area contributed by atoms with Crippen molar-refractivity contribution in [2.75, 3.05) is 59.2 Å². The lowest BCUT2D eigenvalue weighted by molar-refractivity contribution is -0.130. The molecule has 0 aliphatic carbocycles. The molecule has 5 rings (SSSR count). The summed E-state index contributed by atoms with van der Waals surface area (Å²) in [4.78, 5) is 21.7. The molecular weight excluding hydrogens is 607 g/mol. The van der Waals surface area contributed by atoms with Crippen molar-refractivity contribution >= 4 is 43.9 Å². The third-order valence-corrected chi connectivity index (χ3v) is 11.9. The van der Waals surface area contributed by atoms with Crippen molar-refractivity contribution in [1.29, 1.82) is 0 Å². The highest BCUT2D eigenvalue weighted by Crippen LogP contribution is 2.39. The predicted octanol–water partition coefficient (Wildman–Crippen LogP) is 5.53. The second kappa shape index (κ2) is 13.5. The standard InChI is InChI=1S/C34H45N5O4S2/c1-25-22-28(43-6)23-26(2)33(25)45(41,42)35-29-11-7-10-27-13-18-39(32(27)29)24-31(40)37(5)16-9-17-38-19-14-34(15-20-38,36(3)4)30-12-8-21-44-30/h7-8,10-13,18,21-23,35H,9,14-17,19-20,24H2,1-6H3. The summed E-state index contributed by atoms with van der Waals surface area (Å²) in [6.45, 7) is 7.33. The van der Waals surface area contributed by atoms with Gasteiger partial charge in [0.05, 0.1) is 28.7 Å². The summed E-state index contributed by atoms with van der Waals surface area (Å²) in [6, 6.07) is 15.2. The van der Waals surface area contributed by atoms with Crippen molar-refractivity contribution in [1.82, 2.24) is 19.3 Å². The minimum absolute atomic E-state index is 0.0185. The first-order valence-electron chi connectivity index (χ1n) is 15.4. The van der Waals surface area contributed by atoms with Crippen LogP contribution in [0.4, 0.5) is 5.69 Å². The number of likely N-dealkylation sites (tertiary alicyclic amines) is 1. The molecule has 1 fully saturated rings. The molecule has 242 valence electrons. The number of piperidine rings is 1. The van der Waals surface area contributed by atoms with Crippen molar-refractivity contribution in [2.24, 2.45) is 0 Å². The van der Waals surface area contributed by atoms with E-state index in [0.717, 1.165) is 44.3 Å². The Hall–Kier alpha value is -3.38. The van der Waals surface area contributed by atoms with Gasteiger partial charge in [-0.1, -0.05) is 18.2 Å². The van der Waals surface area contributed by atoms with Crippen molar-refractivity contribution in [2.45, 2.75) is 50.1 Å². The van der Waals surface area contributed by atoms with E-state index >= 15 is 0 Å². The lowest BCUT2D eigenvalue weighted by Crippen LogP contribution is -2.50. The number of ether oxygens (including phenoxy) is 1. The number of sulfonamides is 1. The Labute approximate surface area is 271 Å². The molecule has 1 N–H and O–H groups in total. The number of fused-ring (bicyclic) bond motifs is 1. The molecule has 0 saturated carbocycles. The number of likely N-dealkylation sites (N-methyl/N-ethyl adjacent to an activating group) is 1. The monoisotopic (exact) mass is 651 g/mol. The van der Waals surface area contributed by atoms with E-state index in [1.807, 2.05) is 47.3 Å². The number of nitrogens with zero attached hydrogens (tertiary/aromatic N) is 4. The fourth-order valence-corrected chi connectivity index (χ4v) is 9.24. The van der Waals surface area contributed by atoms with Crippen LogP contribution in [-0.4, -0.2) is 88.0 Å². The molecular formula is C34H45N5O4S2. The minimum Gasteiger partial charge on any atom is -0.497 e. The van der Waals surface area contributed by atoms with Gasteiger partial charge in [0.15, 0.2) is 0 Å². The van der Waals surface area contributed by atoms with E-state index in [1.54, 1.807) is 44.1 Å². The number of nitrogens with one attached hydrogen (secondary N) is 1. The number of rotatable bonds is 12. The summed E-state index contributed by atoms with van der Waals surface area (Å²) in [5, 5.41) is 3.02. The van der Waals surface area contributed by atoms with E-state index in [9.17, 15) is 13.2 Å². The maximum atomic E-state index is 13.6. The van der Waals surface area contributed by atoms with E-state index in [2.05, 4.69) is 46.1 Å². The topological polar surface area (TPSA) is 87.1 Å². The third kappa shape index (κ3) is 6.91. The Morgan fingerprint density at radius 3 is 2.38 bits per heavy atom. The fraction of sp³-hybridized carbons (Fsp3) is 0.441. The number of aromatic nitrogens is 1. The second-order valence-corrected chi connectivity index (χ2v) is 14.9. The molecule has 4 aromatic rings. The zero-order chi connectivity index (χ0) is 32.4. The molecule has 0 bridgehead atoms. The first kappa shape index (κ1) is 33.0. The molecule has 1 amide bonds. The number of amides is 1. The van der Waals surface area contributed by atoms with E-state index in [-0.39, 0.29) is 22.9 Å². The summed E-state index contributed by atoms with van der Waals surface area (Å²) in [5.74, 6) is 0.592. The van der Waals surface area contributed by atoms with E-state index in [4.69, 9.17) is 4.74 Å². The largest absolute Gasteiger partial charge is 0.497 e. The van der Waals surface area contributed by atoms with Crippen LogP contribution in [0.2, 0.25) is 0 Å². The Bertz CT molecular complexity index is 1720. The van der Waals surface area contributed by atoms with Gasteiger partial charge in [0.25, 0.3) is 10.0 Å². The van der Waals surface area contributed by atoms with Crippen LogP contribution < -0.4 is 9.46 Å². The van der Waals surface area contributed by atoms with Gasteiger partial charge in [-0.3, -0.25) is 14.4 Å². The quantitative estimate of drug-likeness (QED) is 0.217. The maximum absolute atomic E-state index is 13.6. The zero-order valence-electron chi connectivity index (χ0n) is 27.2. The first-order chi connectivity index (χ1) is 21.4. The van der Waals surface area contributed by atoms with Crippen molar-refractivity contribution in [3.8, 4) is 5.75 Å². The third-order valence-electron chi connectivity index (χ3n) is 9.19. The number of methoxy groups -OCH3 is 1. The van der Waals surface area contributed by atoms with Crippen LogP contribution in [0, 0.1) is 13.8 Å². The summed E-state index contributed by atoms with van der Waals surface area (Å²) >= 11 is 1.84. The van der Waals surface area contributed by atoms with Crippen LogP contribution in [0.1, 0.15) is 35.3 Å². The summed E-state index contributed by atoms with van der Waals surface area (Å²) in [7, 11) is 3.88. The van der Waals surface area contributed by atoms with Gasteiger partial charge in [-0.15, -0.1) is 11.3 Å². The molecule has 1 saturated heterocycles. The van der Waals surface area contributed by atoms with Crippen LogP contribution in [0.3, 0.4) is 0 Å². The Morgan fingerprint density at radius 2 is 1.76 bits per heavy atom. The molecule has 3 heterocycles. The van der Waals surface area contributed by atoms with E-state index < -0.39 is 10.0 Å². The van der Waals surface area contributed by atoms with Crippen LogP contribution >= 0.6 is 11.3 Å². The SMILES string of the molecule is COc1cc(C)c(S(=O)(=O)Nc2cccc3ccn(CC(=O)N(C)CCCN4CCC(c5cccs5)(N(C)C)CC4)c23)c(C)c1. The Kier molecular flexibility index (Phi) is 9.93. The van der Waals surface area contributed by atoms with Gasteiger partial charge in [-0.05, 0) is 101 Å². The average molecular weight is 652 g/mol. The molecule has 0 unspecified atom stereocenters. The van der Waals surface area contributed by atoms with Gasteiger partial charge in [0.1, 0.15) is 12.3 Å². The van der Waals surface area contributed by atoms with Crippen LogP contribution in [0.15, 0.2) is 65.0 Å². The number of para-hydroxylation sites is 1. The minimum atomic E-state index is -3.90. The smallest absolute Gasteiger partial charge is 0.262 e. The normalized spacial score (nSPS) is 15.4. The zero-order valence-corrected chi connectivity index (χ0v) is 28.8. The Morgan fingerprint density at radius 1 is 1.04 bits per heavy atom. The van der Waals surface area contributed by atoms with Gasteiger partial charge in [-0.25, -0.2) is 8.42 Å². The highest BCUT2D eigenvalue weighted by atomic mass is 32.2. The molecule has 11 heteroatoms. The summed E-state index contributed by atoms with van der Waals surface area (Å²) < 4.78 is 37.1. The number of thiophene rings is 1. The molecule has 2 aromatic heterocycles. The molecule has 0 atom stereocenters. The molecule has 2 aromatic carbocycles. The summed E-state index contributed by atoms with van der Waals surface area (Å²) in [6.07, 6.45) is 4.93. The van der Waals surface area contributed by atoms with Crippen molar-refractivity contribution in [3.05, 3.63) is 76.1 Å². The van der Waals surface area contributed by atoms with Crippen molar-refractivity contribution < 1.29 is 17.9 Å². The average Bonchev–Trinajstić information content (AvgIpc) is 3.68. The van der Waals surface area contributed by atoms with E-state index in [0.29, 0.717) is 34.6 Å². The molecule has 45 heavy (non-hydrogen) atoms. The van der Waals surface area contributed by atoms with Crippen LogP contribution in [0.5, 0.6) is 5.75 Å². The molecule has 1 aliphatic heterocycles. The lowest BCUT2D eigenvalue weighted by Gasteiger charge is -2.46. The highest BCUT2D eigenvalue weighted by Gasteiger charge is 2.38. The van der Waals surface area contributed by atoms with Crippen LogP contribution in [-0.2, 0) is 26.9 Å². The number of carbonyl (C=O) groups is 1. The van der Waals surface area contributed by atoms with Gasteiger partial charge < -0.3 is 19.1 Å². The number of benzene rings is 2. The number of hydrogen-bond acceptors (Lipinski definition) is 7. The van der Waals surface area contributed by atoms with Crippen molar-refractivity contribution in [3.63, 3.8) is 0 Å². The number of hydrogen-bond donors (Lipinski definition) is 1. The number of aryl methyl sites for hydroxylation is 2. The lowest BCUT2D eigenvalue weighted by atomic mass is 9.84. The molecule has 0 radical (unpaired) electrons. The Balaban J connectivity index is 1.21. The first-order valence-corrected chi connectivity index (χ1v) is 17.7. The number of anilines is 1. The second-order valence-electron chi connectivity index (χ2n) is 12.3. The highest BCUT2D eigenvalue weighted by molar-refractivity contribution is 7.92. The molecule has 0 spiro atoms. The summed E-state index contributed by atoms with van der Waals surface area (Å²) in [5.41, 5.74) is 2.42. The predicted molar refractivity (Wildman–Crippen MR) is 183 cm³/mol. The molecule has 9 nitrogen and oxygen atoms in total. The van der Waals surface area contributed by atoms with Gasteiger partial charge in [0.2, 0.25) is 5.91 Å². The van der Waals surface area contributed by atoms with E-state index in [1.165, 1.54) is 4.88 Å². The molecule has 1 aliphatic rings. The van der Waals surface area contributed by atoms with Crippen LogP contribution in [0.25, 0.3) is 10.9 Å². The fourth-order valence-electron chi connectivity index (χ4n) is 6.65. The van der Waals surface area contributed by atoms with Gasteiger partial charge >= 0.3 is 0 Å².